The predicted octanol–water partition coefficient (Wildman–Crippen LogP) is 3.19. The molecule has 4 rings (SSSR count). The van der Waals surface area contributed by atoms with Crippen LogP contribution in [0.4, 0.5) is 11.4 Å². The van der Waals surface area contributed by atoms with E-state index in [0.717, 1.165) is 18.5 Å². The molecule has 1 fully saturated rings. The predicted molar refractivity (Wildman–Crippen MR) is 108 cm³/mol. The van der Waals surface area contributed by atoms with Crippen molar-refractivity contribution in [1.82, 2.24) is 10.1 Å². The lowest BCUT2D eigenvalue weighted by Crippen LogP contribution is -2.99. The van der Waals surface area contributed by atoms with Crippen molar-refractivity contribution in [2.45, 2.75) is 38.8 Å². The third-order valence-electron chi connectivity index (χ3n) is 5.48. The van der Waals surface area contributed by atoms with Crippen LogP contribution in [0.1, 0.15) is 26.7 Å². The summed E-state index contributed by atoms with van der Waals surface area (Å²) in [5.41, 5.74) is 2.24. The number of rotatable bonds is 5. The van der Waals surface area contributed by atoms with Crippen molar-refractivity contribution in [1.29, 1.82) is 0 Å². The lowest BCUT2D eigenvalue weighted by molar-refractivity contribution is -0.990. The first-order valence-electron chi connectivity index (χ1n) is 9.62. The Hall–Kier alpha value is -2.94. The largest absolute Gasteiger partial charge is 0.595 e. The van der Waals surface area contributed by atoms with Gasteiger partial charge in [-0.05, 0) is 51.0 Å². The van der Waals surface area contributed by atoms with E-state index in [0.29, 0.717) is 34.8 Å². The Bertz CT molecular complexity index is 994. The fourth-order valence-electron chi connectivity index (χ4n) is 4.01. The van der Waals surface area contributed by atoms with Crippen molar-refractivity contribution < 1.29 is 19.7 Å². The van der Waals surface area contributed by atoms with Crippen LogP contribution in [0.3, 0.4) is 0 Å². The van der Waals surface area contributed by atoms with E-state index < -0.39 is 5.23 Å². The number of benzene rings is 2. The third kappa shape index (κ3) is 3.57. The van der Waals surface area contributed by atoms with E-state index in [1.54, 1.807) is 13.2 Å². The Kier molecular flexibility index (Phi) is 5.23. The van der Waals surface area contributed by atoms with Crippen LogP contribution in [0, 0.1) is 5.21 Å². The number of methoxy groups -OCH3 is 1. The first-order valence-corrected chi connectivity index (χ1v) is 9.62. The van der Waals surface area contributed by atoms with Gasteiger partial charge in [0.15, 0.2) is 5.69 Å². The van der Waals surface area contributed by atoms with Crippen LogP contribution in [0.5, 0.6) is 5.75 Å². The number of nitrogens with zero attached hydrogens (tertiary/aromatic N) is 3. The SMILES string of the molecule is COc1ccccc1-c1noc(-c2ccc(N3C(C)CCC3C)c([NH+]([O-])O)c2)n1. The average Bonchev–Trinajstić information content (AvgIpc) is 3.34. The highest BCUT2D eigenvalue weighted by atomic mass is 16.8. The van der Waals surface area contributed by atoms with Crippen molar-refractivity contribution in [3.63, 3.8) is 0 Å². The van der Waals surface area contributed by atoms with E-state index >= 15 is 0 Å². The van der Waals surface area contributed by atoms with Gasteiger partial charge in [0.25, 0.3) is 5.89 Å². The second-order valence-corrected chi connectivity index (χ2v) is 7.34. The van der Waals surface area contributed by atoms with Crippen LogP contribution in [0.15, 0.2) is 47.0 Å². The second-order valence-electron chi connectivity index (χ2n) is 7.34. The topological polar surface area (TPSA) is 99.1 Å². The minimum absolute atomic E-state index is 0.236. The normalized spacial score (nSPS) is 20.1. The van der Waals surface area contributed by atoms with Gasteiger partial charge in [-0.25, -0.2) is 5.21 Å². The van der Waals surface area contributed by atoms with Crippen molar-refractivity contribution in [3.05, 3.63) is 47.7 Å². The van der Waals surface area contributed by atoms with Crippen LogP contribution in [-0.2, 0) is 0 Å². The molecule has 8 heteroatoms. The molecule has 152 valence electrons. The number of aromatic nitrogens is 2. The number of hydrogen-bond acceptors (Lipinski definition) is 7. The van der Waals surface area contributed by atoms with Crippen LogP contribution in [0.2, 0.25) is 0 Å². The average molecular weight is 396 g/mol. The van der Waals surface area contributed by atoms with Gasteiger partial charge >= 0.3 is 0 Å². The number of quaternary nitrogens is 1. The molecule has 2 heterocycles. The maximum Gasteiger partial charge on any atom is 0.258 e. The monoisotopic (exact) mass is 396 g/mol. The summed E-state index contributed by atoms with van der Waals surface area (Å²) in [6.07, 6.45) is 2.10. The molecule has 0 aliphatic carbocycles. The van der Waals surface area contributed by atoms with E-state index in [4.69, 9.17) is 9.26 Å². The summed E-state index contributed by atoms with van der Waals surface area (Å²) >= 11 is 0. The Morgan fingerprint density at radius 2 is 1.90 bits per heavy atom. The van der Waals surface area contributed by atoms with Gasteiger partial charge in [0.05, 0.1) is 12.7 Å². The molecule has 0 amide bonds. The van der Waals surface area contributed by atoms with Crippen LogP contribution in [-0.4, -0.2) is 34.5 Å². The van der Waals surface area contributed by atoms with E-state index in [9.17, 15) is 10.4 Å². The molecule has 0 radical (unpaired) electrons. The summed E-state index contributed by atoms with van der Waals surface area (Å²) < 4.78 is 10.8. The van der Waals surface area contributed by atoms with Crippen LogP contribution < -0.4 is 14.9 Å². The van der Waals surface area contributed by atoms with Crippen LogP contribution in [0.25, 0.3) is 22.8 Å². The molecule has 29 heavy (non-hydrogen) atoms. The van der Waals surface area contributed by atoms with E-state index in [2.05, 4.69) is 28.9 Å². The van der Waals surface area contributed by atoms with Gasteiger partial charge in [0.1, 0.15) is 11.4 Å². The zero-order valence-electron chi connectivity index (χ0n) is 16.6. The Morgan fingerprint density at radius 3 is 2.59 bits per heavy atom. The molecular weight excluding hydrogens is 372 g/mol. The van der Waals surface area contributed by atoms with E-state index in [1.807, 2.05) is 36.4 Å². The smallest absolute Gasteiger partial charge is 0.258 e. The summed E-state index contributed by atoms with van der Waals surface area (Å²) in [6.45, 7) is 4.25. The molecule has 1 aliphatic heterocycles. The zero-order chi connectivity index (χ0) is 20.5. The quantitative estimate of drug-likeness (QED) is 0.639. The molecule has 0 bridgehead atoms. The van der Waals surface area contributed by atoms with Crippen molar-refractivity contribution in [3.8, 4) is 28.6 Å². The molecule has 1 aliphatic rings. The van der Waals surface area contributed by atoms with Gasteiger partial charge in [0, 0.05) is 23.7 Å². The minimum atomic E-state index is -0.974. The first-order chi connectivity index (χ1) is 14.0. The van der Waals surface area contributed by atoms with E-state index in [-0.39, 0.29) is 11.6 Å². The van der Waals surface area contributed by atoms with Gasteiger partial charge in [0.2, 0.25) is 5.82 Å². The van der Waals surface area contributed by atoms with Gasteiger partial charge in [-0.3, -0.25) is 0 Å². The Morgan fingerprint density at radius 1 is 1.17 bits per heavy atom. The Labute approximate surface area is 168 Å². The fraction of sp³-hybridized carbons (Fsp3) is 0.333. The zero-order valence-corrected chi connectivity index (χ0v) is 16.6. The summed E-state index contributed by atoms with van der Waals surface area (Å²) in [5, 5.41) is 24.9. The maximum atomic E-state index is 12.0. The van der Waals surface area contributed by atoms with Crippen molar-refractivity contribution in [2.24, 2.45) is 0 Å². The van der Waals surface area contributed by atoms with Crippen molar-refractivity contribution in [2.75, 3.05) is 12.0 Å². The number of hydrogen-bond donors (Lipinski definition) is 2. The number of anilines is 1. The molecule has 0 spiro atoms. The van der Waals surface area contributed by atoms with Gasteiger partial charge in [-0.15, -0.1) is 0 Å². The number of ether oxygens (including phenoxy) is 1. The Balaban J connectivity index is 1.72. The fourth-order valence-corrected chi connectivity index (χ4v) is 4.01. The summed E-state index contributed by atoms with van der Waals surface area (Å²) in [7, 11) is 1.58. The lowest BCUT2D eigenvalue weighted by Gasteiger charge is -2.31. The molecule has 1 saturated heterocycles. The molecule has 2 aromatic carbocycles. The van der Waals surface area contributed by atoms with E-state index in [1.165, 1.54) is 0 Å². The molecule has 2 N–H and O–H groups in total. The lowest BCUT2D eigenvalue weighted by atomic mass is 10.1. The van der Waals surface area contributed by atoms with Crippen LogP contribution >= 0.6 is 0 Å². The number of nitrogens with one attached hydrogen (secondary N) is 1. The molecule has 8 nitrogen and oxygen atoms in total. The van der Waals surface area contributed by atoms with Gasteiger partial charge in [-0.2, -0.15) is 10.2 Å². The van der Waals surface area contributed by atoms with Crippen molar-refractivity contribution >= 4 is 11.4 Å². The summed E-state index contributed by atoms with van der Waals surface area (Å²) in [5.74, 6) is 1.29. The minimum Gasteiger partial charge on any atom is -0.595 e. The maximum absolute atomic E-state index is 12.0. The summed E-state index contributed by atoms with van der Waals surface area (Å²) in [4.78, 5) is 6.63. The highest BCUT2D eigenvalue weighted by molar-refractivity contribution is 5.72. The molecule has 0 saturated carbocycles. The molecule has 3 atom stereocenters. The summed E-state index contributed by atoms with van der Waals surface area (Å²) in [6, 6.07) is 13.3. The molecule has 3 unspecified atom stereocenters. The number of para-hydroxylation sites is 1. The van der Waals surface area contributed by atoms with Gasteiger partial charge in [-0.1, -0.05) is 17.3 Å². The molecule has 3 aromatic rings. The molecular formula is C21H24N4O4. The molecule has 1 aromatic heterocycles. The third-order valence-corrected chi connectivity index (χ3v) is 5.48. The standard InChI is InChI=1S/C21H24N4O4/c1-13-8-9-14(2)24(13)17-11-10-15(12-18(17)25(26)27)21-22-20(23-29-21)16-6-4-5-7-19(16)28-3/h4-7,10-14,25-26H,8-9H2,1-3H3. The second kappa shape index (κ2) is 7.82. The highest BCUT2D eigenvalue weighted by Crippen LogP contribution is 2.36. The highest BCUT2D eigenvalue weighted by Gasteiger charge is 2.31. The van der Waals surface area contributed by atoms with Gasteiger partial charge < -0.3 is 19.4 Å². The first kappa shape index (κ1) is 19.4.